The number of aliphatic hydroxyl groups is 1. The molecule has 132 valence electrons. The average Bonchev–Trinajstić information content (AvgIpc) is 2.49. The smallest absolute Gasteiger partial charge is 0.336 e. The summed E-state index contributed by atoms with van der Waals surface area (Å²) in [7, 11) is 0. The fourth-order valence-electron chi connectivity index (χ4n) is 2.83. The Balaban J connectivity index is 2.12. The highest BCUT2D eigenvalue weighted by Crippen LogP contribution is 2.43. The third kappa shape index (κ3) is 3.30. The Morgan fingerprint density at radius 1 is 1.28 bits per heavy atom. The molecule has 0 amide bonds. The number of esters is 1. The fraction of sp³-hybridized carbons (Fsp3) is 0.368. The number of rotatable bonds is 2. The minimum absolute atomic E-state index is 0.368. The molecule has 1 N–H and O–H groups in total. The number of hydrogen-bond donors (Lipinski definition) is 1. The summed E-state index contributed by atoms with van der Waals surface area (Å²) in [6.07, 6.45) is -0.574. The van der Waals surface area contributed by atoms with E-state index in [1.54, 1.807) is 45.9 Å². The van der Waals surface area contributed by atoms with E-state index in [0.29, 0.717) is 22.3 Å². The normalized spacial score (nSPS) is 21.2. The van der Waals surface area contributed by atoms with Gasteiger partial charge in [0.15, 0.2) is 6.10 Å². The summed E-state index contributed by atoms with van der Waals surface area (Å²) in [5.74, 6) is -0.125. The molecule has 0 saturated heterocycles. The summed E-state index contributed by atoms with van der Waals surface area (Å²) < 4.78 is 16.5. The van der Waals surface area contributed by atoms with Crippen LogP contribution in [0.3, 0.4) is 0 Å². The van der Waals surface area contributed by atoms with Crippen LogP contribution in [0, 0.1) is 0 Å². The Labute approximate surface area is 144 Å². The number of ether oxygens (including phenoxy) is 2. The quantitative estimate of drug-likeness (QED) is 0.512. The Hall–Kier alpha value is -2.60. The van der Waals surface area contributed by atoms with E-state index in [9.17, 15) is 14.7 Å². The van der Waals surface area contributed by atoms with E-state index in [-0.39, 0.29) is 0 Å². The maximum absolute atomic E-state index is 12.1. The van der Waals surface area contributed by atoms with Crippen LogP contribution in [0.5, 0.6) is 5.75 Å². The van der Waals surface area contributed by atoms with Crippen molar-refractivity contribution >= 4 is 16.9 Å². The second-order valence-electron chi connectivity index (χ2n) is 6.91. The largest absolute Gasteiger partial charge is 0.484 e. The lowest BCUT2D eigenvalue weighted by atomic mass is 9.88. The second kappa shape index (κ2) is 6.04. The van der Waals surface area contributed by atoms with Gasteiger partial charge in [0.1, 0.15) is 23.0 Å². The molecule has 1 aliphatic heterocycles. The van der Waals surface area contributed by atoms with Gasteiger partial charge in [0.2, 0.25) is 0 Å². The lowest BCUT2D eigenvalue weighted by Crippen LogP contribution is -2.49. The van der Waals surface area contributed by atoms with Crippen LogP contribution in [-0.4, -0.2) is 22.8 Å². The van der Waals surface area contributed by atoms with E-state index in [1.807, 2.05) is 0 Å². The summed E-state index contributed by atoms with van der Waals surface area (Å²) in [5, 5.41) is 11.3. The van der Waals surface area contributed by atoms with Crippen molar-refractivity contribution in [2.45, 2.75) is 45.5 Å². The molecule has 1 aliphatic rings. The van der Waals surface area contributed by atoms with Gasteiger partial charge in [0.05, 0.1) is 0 Å². The molecule has 3 rings (SSSR count). The van der Waals surface area contributed by atoms with Crippen molar-refractivity contribution in [2.75, 3.05) is 0 Å². The highest BCUT2D eigenvalue weighted by atomic mass is 16.6. The number of carbonyl (C=O) groups is 1. The molecular weight excluding hydrogens is 324 g/mol. The summed E-state index contributed by atoms with van der Waals surface area (Å²) in [6, 6.07) is 6.21. The van der Waals surface area contributed by atoms with Crippen LogP contribution >= 0.6 is 0 Å². The molecule has 0 unspecified atom stereocenters. The molecule has 1 aromatic heterocycles. The van der Waals surface area contributed by atoms with E-state index < -0.39 is 29.4 Å². The summed E-state index contributed by atoms with van der Waals surface area (Å²) in [6.45, 7) is 6.98. The third-order valence-electron chi connectivity index (χ3n) is 4.08. The predicted molar refractivity (Wildman–Crippen MR) is 91.5 cm³/mol. The van der Waals surface area contributed by atoms with Crippen LogP contribution in [0.25, 0.3) is 11.0 Å². The maximum Gasteiger partial charge on any atom is 0.336 e. The molecule has 0 aliphatic carbocycles. The van der Waals surface area contributed by atoms with Gasteiger partial charge in [-0.25, -0.2) is 9.59 Å². The van der Waals surface area contributed by atoms with Gasteiger partial charge in [-0.3, -0.25) is 0 Å². The van der Waals surface area contributed by atoms with E-state index in [1.165, 1.54) is 12.1 Å². The van der Waals surface area contributed by atoms with Gasteiger partial charge < -0.3 is 19.0 Å². The number of carbonyl (C=O) groups excluding carboxylic acids is 1. The predicted octanol–water partition coefficient (Wildman–Crippen LogP) is 2.88. The van der Waals surface area contributed by atoms with E-state index >= 15 is 0 Å². The van der Waals surface area contributed by atoms with Crippen molar-refractivity contribution in [2.24, 2.45) is 0 Å². The standard InChI is InChI=1S/C19H20O6/c1-10(2)7-16(21)24-17-12-8-11-5-6-15(20)23-13(11)9-14(12)25-19(3,4)18(17)22/h5-9,17-18,22H,1-4H3/t17-,18-/m1/s1. The SMILES string of the molecule is CC(C)=CC(=O)O[C@@H]1c2cc3ccc(=O)oc3cc2OC(C)(C)[C@@H]1O. The Morgan fingerprint density at radius 3 is 2.68 bits per heavy atom. The first-order valence-corrected chi connectivity index (χ1v) is 7.98. The van der Waals surface area contributed by atoms with Gasteiger partial charge in [0, 0.05) is 29.2 Å². The van der Waals surface area contributed by atoms with Gasteiger partial charge in [-0.05, 0) is 39.8 Å². The molecule has 6 heteroatoms. The van der Waals surface area contributed by atoms with Gasteiger partial charge in [-0.1, -0.05) is 5.57 Å². The van der Waals surface area contributed by atoms with Crippen LogP contribution in [0.2, 0.25) is 0 Å². The van der Waals surface area contributed by atoms with Crippen LogP contribution in [0.1, 0.15) is 39.4 Å². The first kappa shape index (κ1) is 17.2. The lowest BCUT2D eigenvalue weighted by Gasteiger charge is -2.41. The van der Waals surface area contributed by atoms with Crippen LogP contribution in [-0.2, 0) is 9.53 Å². The van der Waals surface area contributed by atoms with Crippen molar-refractivity contribution in [3.8, 4) is 5.75 Å². The van der Waals surface area contributed by atoms with Crippen LogP contribution in [0.4, 0.5) is 0 Å². The topological polar surface area (TPSA) is 86.0 Å². The summed E-state index contributed by atoms with van der Waals surface area (Å²) >= 11 is 0. The molecule has 25 heavy (non-hydrogen) atoms. The summed E-state index contributed by atoms with van der Waals surface area (Å²) in [5.41, 5.74) is 0.253. The molecule has 0 bridgehead atoms. The zero-order valence-corrected chi connectivity index (χ0v) is 14.5. The molecule has 2 aromatic rings. The van der Waals surface area contributed by atoms with Crippen molar-refractivity contribution < 1.29 is 23.8 Å². The third-order valence-corrected chi connectivity index (χ3v) is 4.08. The van der Waals surface area contributed by atoms with Gasteiger partial charge in [-0.2, -0.15) is 0 Å². The maximum atomic E-state index is 12.1. The molecular formula is C19H20O6. The lowest BCUT2D eigenvalue weighted by molar-refractivity contribution is -0.165. The van der Waals surface area contributed by atoms with Crippen molar-refractivity contribution in [1.29, 1.82) is 0 Å². The molecule has 2 heterocycles. The van der Waals surface area contributed by atoms with Gasteiger partial charge in [0.25, 0.3) is 0 Å². The second-order valence-corrected chi connectivity index (χ2v) is 6.91. The molecule has 6 nitrogen and oxygen atoms in total. The first-order valence-electron chi connectivity index (χ1n) is 7.98. The van der Waals surface area contributed by atoms with Crippen molar-refractivity contribution in [3.63, 3.8) is 0 Å². The number of benzene rings is 1. The number of hydrogen-bond acceptors (Lipinski definition) is 6. The minimum Gasteiger partial charge on any atom is -0.484 e. The van der Waals surface area contributed by atoms with Crippen molar-refractivity contribution in [1.82, 2.24) is 0 Å². The van der Waals surface area contributed by atoms with Crippen LogP contribution in [0.15, 0.2) is 45.1 Å². The first-order chi connectivity index (χ1) is 11.7. The molecule has 0 fully saturated rings. The molecule has 1 aromatic carbocycles. The Kier molecular flexibility index (Phi) is 4.16. The van der Waals surface area contributed by atoms with E-state index in [2.05, 4.69) is 0 Å². The Morgan fingerprint density at radius 2 is 2.00 bits per heavy atom. The molecule has 2 atom stereocenters. The van der Waals surface area contributed by atoms with Crippen LogP contribution < -0.4 is 10.4 Å². The minimum atomic E-state index is -1.05. The number of fused-ring (bicyclic) bond motifs is 2. The van der Waals surface area contributed by atoms with Gasteiger partial charge in [-0.15, -0.1) is 0 Å². The molecule has 0 radical (unpaired) electrons. The Bertz CT molecular complexity index is 917. The van der Waals surface area contributed by atoms with E-state index in [0.717, 1.165) is 5.57 Å². The zero-order chi connectivity index (χ0) is 18.4. The number of aliphatic hydroxyl groups excluding tert-OH is 1. The number of allylic oxidation sites excluding steroid dienone is 1. The molecule has 0 saturated carbocycles. The monoisotopic (exact) mass is 344 g/mol. The average molecular weight is 344 g/mol. The zero-order valence-electron chi connectivity index (χ0n) is 14.5. The van der Waals surface area contributed by atoms with Crippen molar-refractivity contribution in [3.05, 3.63) is 51.9 Å². The summed E-state index contributed by atoms with van der Waals surface area (Å²) in [4.78, 5) is 23.5. The van der Waals surface area contributed by atoms with Gasteiger partial charge >= 0.3 is 11.6 Å². The molecule has 0 spiro atoms. The highest BCUT2D eigenvalue weighted by molar-refractivity contribution is 5.83. The highest BCUT2D eigenvalue weighted by Gasteiger charge is 2.45. The fourth-order valence-corrected chi connectivity index (χ4v) is 2.83. The van der Waals surface area contributed by atoms with E-state index in [4.69, 9.17) is 13.9 Å².